The predicted octanol–water partition coefficient (Wildman–Crippen LogP) is 1.13. The quantitative estimate of drug-likeness (QED) is 0.760. The lowest BCUT2D eigenvalue weighted by Crippen LogP contribution is -2.40. The largest absolute Gasteiger partial charge is 0.491 e. The van der Waals surface area contributed by atoms with Gasteiger partial charge >= 0.3 is 5.97 Å². The number of rotatable bonds is 5. The maximum absolute atomic E-state index is 11.3. The molecule has 0 aromatic heterocycles. The van der Waals surface area contributed by atoms with E-state index in [-0.39, 0.29) is 12.6 Å². The van der Waals surface area contributed by atoms with Gasteiger partial charge in [-0.05, 0) is 26.1 Å². The van der Waals surface area contributed by atoms with Gasteiger partial charge in [-0.1, -0.05) is 17.7 Å². The van der Waals surface area contributed by atoms with Gasteiger partial charge in [0.2, 0.25) is 0 Å². The Balaban J connectivity index is 2.49. The van der Waals surface area contributed by atoms with Crippen molar-refractivity contribution in [1.82, 2.24) is 5.32 Å². The van der Waals surface area contributed by atoms with Crippen molar-refractivity contribution in [2.75, 3.05) is 20.8 Å². The lowest BCUT2D eigenvalue weighted by Gasteiger charge is -2.14. The Labute approximate surface area is 95.6 Å². The van der Waals surface area contributed by atoms with E-state index >= 15 is 0 Å². The topological polar surface area (TPSA) is 47.6 Å². The van der Waals surface area contributed by atoms with Crippen LogP contribution in [0.25, 0.3) is 0 Å². The van der Waals surface area contributed by atoms with Crippen LogP contribution in [0.2, 0.25) is 0 Å². The van der Waals surface area contributed by atoms with Crippen LogP contribution in [0.3, 0.4) is 0 Å². The Hall–Kier alpha value is -1.55. The third kappa shape index (κ3) is 3.55. The maximum atomic E-state index is 11.3. The maximum Gasteiger partial charge on any atom is 0.326 e. The summed E-state index contributed by atoms with van der Waals surface area (Å²) in [5.74, 6) is 0.421. The van der Waals surface area contributed by atoms with E-state index in [9.17, 15) is 4.79 Å². The zero-order chi connectivity index (χ0) is 12.0. The Kier molecular flexibility index (Phi) is 4.79. The van der Waals surface area contributed by atoms with Crippen LogP contribution in [0.5, 0.6) is 5.75 Å². The number of aryl methyl sites for hydroxylation is 1. The number of benzene rings is 1. The van der Waals surface area contributed by atoms with Crippen LogP contribution < -0.4 is 10.1 Å². The lowest BCUT2D eigenvalue weighted by atomic mass is 10.2. The number of hydrogen-bond donors (Lipinski definition) is 1. The van der Waals surface area contributed by atoms with E-state index in [1.807, 2.05) is 31.2 Å². The summed E-state index contributed by atoms with van der Waals surface area (Å²) in [7, 11) is 3.05. The van der Waals surface area contributed by atoms with Crippen molar-refractivity contribution < 1.29 is 14.3 Å². The number of likely N-dealkylation sites (N-methyl/N-ethyl adjacent to an activating group) is 1. The molecule has 1 N–H and O–H groups in total. The fraction of sp³-hybridized carbons (Fsp3) is 0.417. The van der Waals surface area contributed by atoms with Crippen molar-refractivity contribution in [3.8, 4) is 5.75 Å². The molecule has 88 valence electrons. The number of nitrogens with one attached hydrogen (secondary N) is 1. The summed E-state index contributed by atoms with van der Waals surface area (Å²) in [5.41, 5.74) is 1.17. The molecule has 0 aliphatic heterocycles. The molecule has 0 amide bonds. The highest BCUT2D eigenvalue weighted by Crippen LogP contribution is 2.11. The van der Waals surface area contributed by atoms with E-state index in [0.717, 1.165) is 5.75 Å². The Bertz CT molecular complexity index is 335. The molecule has 1 rings (SSSR count). The molecule has 4 nitrogen and oxygen atoms in total. The van der Waals surface area contributed by atoms with E-state index in [2.05, 4.69) is 10.1 Å². The van der Waals surface area contributed by atoms with Gasteiger partial charge in [-0.15, -0.1) is 0 Å². The summed E-state index contributed by atoms with van der Waals surface area (Å²) >= 11 is 0. The standard InChI is InChI=1S/C12H17NO3/c1-9-4-6-10(7-5-9)16-8-11(13-2)12(14)15-3/h4-7,11,13H,8H2,1-3H3. The van der Waals surface area contributed by atoms with Crippen molar-refractivity contribution in [2.24, 2.45) is 0 Å². The average Bonchev–Trinajstić information content (AvgIpc) is 2.31. The smallest absolute Gasteiger partial charge is 0.326 e. The van der Waals surface area contributed by atoms with Gasteiger partial charge in [0.05, 0.1) is 7.11 Å². The molecular weight excluding hydrogens is 206 g/mol. The van der Waals surface area contributed by atoms with Gasteiger partial charge in [0.15, 0.2) is 0 Å². The van der Waals surface area contributed by atoms with Crippen LogP contribution in [0, 0.1) is 6.92 Å². The van der Waals surface area contributed by atoms with Crippen LogP contribution in [-0.4, -0.2) is 32.8 Å². The van der Waals surface area contributed by atoms with Crippen LogP contribution in [0.1, 0.15) is 5.56 Å². The summed E-state index contributed by atoms with van der Waals surface area (Å²) < 4.78 is 10.1. The third-order valence-corrected chi connectivity index (χ3v) is 2.27. The minimum absolute atomic E-state index is 0.256. The summed E-state index contributed by atoms with van der Waals surface area (Å²) in [5, 5.41) is 2.83. The van der Waals surface area contributed by atoms with Crippen LogP contribution in [0.4, 0.5) is 0 Å². The SMILES string of the molecule is CNC(COc1ccc(C)cc1)C(=O)OC. The molecule has 0 fully saturated rings. The lowest BCUT2D eigenvalue weighted by molar-refractivity contribution is -0.143. The molecule has 0 aliphatic carbocycles. The highest BCUT2D eigenvalue weighted by Gasteiger charge is 2.17. The average molecular weight is 223 g/mol. The molecule has 4 heteroatoms. The number of esters is 1. The van der Waals surface area contributed by atoms with Gasteiger partial charge in [-0.25, -0.2) is 0 Å². The summed E-state index contributed by atoms with van der Waals surface area (Å²) in [6.45, 7) is 2.26. The first-order chi connectivity index (χ1) is 7.67. The van der Waals surface area contributed by atoms with Crippen LogP contribution in [0.15, 0.2) is 24.3 Å². The molecule has 0 saturated carbocycles. The Morgan fingerprint density at radius 1 is 1.38 bits per heavy atom. The summed E-state index contributed by atoms with van der Waals surface area (Å²) in [6, 6.07) is 7.23. The molecule has 0 bridgehead atoms. The van der Waals surface area contributed by atoms with Gasteiger partial charge in [0.25, 0.3) is 0 Å². The fourth-order valence-corrected chi connectivity index (χ4v) is 1.23. The van der Waals surface area contributed by atoms with Gasteiger partial charge in [-0.3, -0.25) is 4.79 Å². The highest BCUT2D eigenvalue weighted by molar-refractivity contribution is 5.75. The molecular formula is C12H17NO3. The summed E-state index contributed by atoms with van der Waals surface area (Å²) in [4.78, 5) is 11.3. The molecule has 1 unspecified atom stereocenters. The zero-order valence-electron chi connectivity index (χ0n) is 9.82. The van der Waals surface area contributed by atoms with E-state index in [4.69, 9.17) is 4.74 Å². The van der Waals surface area contributed by atoms with Crippen LogP contribution >= 0.6 is 0 Å². The molecule has 0 heterocycles. The molecule has 1 atom stereocenters. The second kappa shape index (κ2) is 6.12. The molecule has 0 saturated heterocycles. The number of methoxy groups -OCH3 is 1. The number of carbonyl (C=O) groups excluding carboxylic acids is 1. The summed E-state index contributed by atoms with van der Waals surface area (Å²) in [6.07, 6.45) is 0. The van der Waals surface area contributed by atoms with Gasteiger partial charge < -0.3 is 14.8 Å². The number of carbonyl (C=O) groups is 1. The van der Waals surface area contributed by atoms with Gasteiger partial charge in [0.1, 0.15) is 18.4 Å². The van der Waals surface area contributed by atoms with Crippen LogP contribution in [-0.2, 0) is 9.53 Å². The first kappa shape index (κ1) is 12.5. The van der Waals surface area contributed by atoms with Gasteiger partial charge in [0, 0.05) is 0 Å². The minimum atomic E-state index is -0.439. The minimum Gasteiger partial charge on any atom is -0.491 e. The second-order valence-corrected chi connectivity index (χ2v) is 3.49. The predicted molar refractivity (Wildman–Crippen MR) is 61.5 cm³/mol. The molecule has 1 aromatic rings. The molecule has 1 aromatic carbocycles. The fourth-order valence-electron chi connectivity index (χ4n) is 1.23. The van der Waals surface area contributed by atoms with E-state index < -0.39 is 6.04 Å². The Morgan fingerprint density at radius 3 is 2.50 bits per heavy atom. The highest BCUT2D eigenvalue weighted by atomic mass is 16.5. The van der Waals surface area contributed by atoms with Crippen molar-refractivity contribution in [1.29, 1.82) is 0 Å². The van der Waals surface area contributed by atoms with Crippen molar-refractivity contribution >= 4 is 5.97 Å². The number of hydrogen-bond acceptors (Lipinski definition) is 4. The first-order valence-electron chi connectivity index (χ1n) is 5.12. The third-order valence-electron chi connectivity index (χ3n) is 2.27. The first-order valence-corrected chi connectivity index (χ1v) is 5.12. The molecule has 0 aliphatic rings. The number of ether oxygens (including phenoxy) is 2. The van der Waals surface area contributed by atoms with Crippen molar-refractivity contribution in [3.05, 3.63) is 29.8 Å². The Morgan fingerprint density at radius 2 is 2.00 bits per heavy atom. The van der Waals surface area contributed by atoms with Crippen molar-refractivity contribution in [3.63, 3.8) is 0 Å². The molecule has 0 radical (unpaired) electrons. The normalized spacial score (nSPS) is 11.9. The van der Waals surface area contributed by atoms with E-state index in [1.54, 1.807) is 7.05 Å². The zero-order valence-corrected chi connectivity index (χ0v) is 9.82. The van der Waals surface area contributed by atoms with Crippen molar-refractivity contribution in [2.45, 2.75) is 13.0 Å². The molecule has 16 heavy (non-hydrogen) atoms. The second-order valence-electron chi connectivity index (χ2n) is 3.49. The van der Waals surface area contributed by atoms with E-state index in [1.165, 1.54) is 12.7 Å². The van der Waals surface area contributed by atoms with E-state index in [0.29, 0.717) is 0 Å². The molecule has 0 spiro atoms. The monoisotopic (exact) mass is 223 g/mol. The van der Waals surface area contributed by atoms with Gasteiger partial charge in [-0.2, -0.15) is 0 Å².